The highest BCUT2D eigenvalue weighted by molar-refractivity contribution is 7.11. The van der Waals surface area contributed by atoms with E-state index in [1.54, 1.807) is 14.2 Å². The first-order chi connectivity index (χ1) is 9.26. The van der Waals surface area contributed by atoms with E-state index in [0.717, 1.165) is 32.7 Å². The standard InChI is InChI=1S/C14H24N2O2S/c1-4-15-7-11-5-6-12(19-11)8-16-9-13(17-2)14(10-16)18-3/h5-6,13-15H,4,7-10H2,1-3H3. The van der Waals surface area contributed by atoms with Crippen molar-refractivity contribution in [3.8, 4) is 0 Å². The van der Waals surface area contributed by atoms with E-state index in [-0.39, 0.29) is 12.2 Å². The van der Waals surface area contributed by atoms with Crippen molar-refractivity contribution in [3.63, 3.8) is 0 Å². The van der Waals surface area contributed by atoms with Gasteiger partial charge in [-0.1, -0.05) is 6.92 Å². The topological polar surface area (TPSA) is 33.7 Å². The number of thiophene rings is 1. The summed E-state index contributed by atoms with van der Waals surface area (Å²) in [6.45, 7) is 7.03. The molecule has 1 aromatic heterocycles. The van der Waals surface area contributed by atoms with Crippen LogP contribution in [0.5, 0.6) is 0 Å². The Morgan fingerprint density at radius 3 is 2.42 bits per heavy atom. The highest BCUT2D eigenvalue weighted by Gasteiger charge is 2.32. The minimum atomic E-state index is 0.200. The van der Waals surface area contributed by atoms with Crippen molar-refractivity contribution in [2.24, 2.45) is 0 Å². The van der Waals surface area contributed by atoms with Crippen molar-refractivity contribution in [3.05, 3.63) is 21.9 Å². The van der Waals surface area contributed by atoms with Crippen LogP contribution >= 0.6 is 11.3 Å². The average Bonchev–Trinajstić information content (AvgIpc) is 3.03. The highest BCUT2D eigenvalue weighted by Crippen LogP contribution is 2.22. The lowest BCUT2D eigenvalue weighted by atomic mass is 10.3. The third-order valence-corrected chi connectivity index (χ3v) is 4.61. The number of ether oxygens (including phenoxy) is 2. The van der Waals surface area contributed by atoms with Gasteiger partial charge in [-0.05, 0) is 18.7 Å². The van der Waals surface area contributed by atoms with Gasteiger partial charge < -0.3 is 14.8 Å². The fourth-order valence-corrected chi connectivity index (χ4v) is 3.50. The van der Waals surface area contributed by atoms with Gasteiger partial charge in [-0.25, -0.2) is 0 Å². The molecule has 1 fully saturated rings. The van der Waals surface area contributed by atoms with E-state index in [4.69, 9.17) is 9.47 Å². The molecule has 5 heteroatoms. The number of likely N-dealkylation sites (tertiary alicyclic amines) is 1. The van der Waals surface area contributed by atoms with Gasteiger partial charge in [0.1, 0.15) is 0 Å². The zero-order chi connectivity index (χ0) is 13.7. The molecule has 2 unspecified atom stereocenters. The summed E-state index contributed by atoms with van der Waals surface area (Å²) in [6.07, 6.45) is 0.400. The lowest BCUT2D eigenvalue weighted by molar-refractivity contribution is -0.00461. The fourth-order valence-electron chi connectivity index (χ4n) is 2.47. The third kappa shape index (κ3) is 4.00. The van der Waals surface area contributed by atoms with Crippen molar-refractivity contribution in [1.29, 1.82) is 0 Å². The first-order valence-corrected chi connectivity index (χ1v) is 7.64. The number of rotatable bonds is 7. The van der Waals surface area contributed by atoms with Crippen molar-refractivity contribution in [2.75, 3.05) is 33.9 Å². The third-order valence-electron chi connectivity index (χ3n) is 3.54. The Labute approximate surface area is 119 Å². The summed E-state index contributed by atoms with van der Waals surface area (Å²) < 4.78 is 10.9. The summed E-state index contributed by atoms with van der Waals surface area (Å²) in [7, 11) is 3.53. The van der Waals surface area contributed by atoms with Gasteiger partial charge in [0.05, 0.1) is 12.2 Å². The highest BCUT2D eigenvalue weighted by atomic mass is 32.1. The average molecular weight is 284 g/mol. The normalized spacial score (nSPS) is 24.2. The smallest absolute Gasteiger partial charge is 0.0971 e. The second-order valence-corrected chi connectivity index (χ2v) is 6.14. The molecule has 1 aliphatic heterocycles. The molecule has 2 heterocycles. The van der Waals surface area contributed by atoms with Crippen LogP contribution in [0, 0.1) is 0 Å². The number of hydrogen-bond acceptors (Lipinski definition) is 5. The summed E-state index contributed by atoms with van der Waals surface area (Å²) in [4.78, 5) is 5.23. The molecule has 0 aliphatic carbocycles. The number of methoxy groups -OCH3 is 2. The first-order valence-electron chi connectivity index (χ1n) is 6.83. The molecule has 108 valence electrons. The van der Waals surface area contributed by atoms with Gasteiger partial charge in [-0.2, -0.15) is 0 Å². The van der Waals surface area contributed by atoms with E-state index >= 15 is 0 Å². The van der Waals surface area contributed by atoms with Crippen molar-refractivity contribution in [1.82, 2.24) is 10.2 Å². The van der Waals surface area contributed by atoms with Crippen LogP contribution in [-0.4, -0.2) is 51.0 Å². The van der Waals surface area contributed by atoms with Crippen LogP contribution in [0.15, 0.2) is 12.1 Å². The summed E-state index contributed by atoms with van der Waals surface area (Å²) >= 11 is 1.89. The number of hydrogen-bond donors (Lipinski definition) is 1. The Bertz CT molecular complexity index is 371. The molecule has 0 radical (unpaired) electrons. The molecule has 2 atom stereocenters. The molecular weight excluding hydrogens is 260 g/mol. The van der Waals surface area contributed by atoms with Gasteiger partial charge in [-0.3, -0.25) is 4.90 Å². The Morgan fingerprint density at radius 1 is 1.21 bits per heavy atom. The first kappa shape index (κ1) is 14.9. The zero-order valence-electron chi connectivity index (χ0n) is 12.0. The quantitative estimate of drug-likeness (QED) is 0.826. The molecule has 19 heavy (non-hydrogen) atoms. The van der Waals surface area contributed by atoms with Crippen LogP contribution in [0.4, 0.5) is 0 Å². The van der Waals surface area contributed by atoms with Crippen molar-refractivity contribution >= 4 is 11.3 Å². The van der Waals surface area contributed by atoms with Gasteiger partial charge in [-0.15, -0.1) is 11.3 Å². The molecule has 0 spiro atoms. The molecule has 1 saturated heterocycles. The molecule has 1 N–H and O–H groups in total. The Hall–Kier alpha value is -0.460. The summed E-state index contributed by atoms with van der Waals surface area (Å²) in [6, 6.07) is 4.46. The van der Waals surface area contributed by atoms with E-state index in [1.165, 1.54) is 9.75 Å². The molecule has 0 aromatic carbocycles. The molecule has 1 aliphatic rings. The van der Waals surface area contributed by atoms with E-state index in [1.807, 2.05) is 11.3 Å². The van der Waals surface area contributed by atoms with Crippen LogP contribution in [0.3, 0.4) is 0 Å². The van der Waals surface area contributed by atoms with Gasteiger partial charge >= 0.3 is 0 Å². The minimum Gasteiger partial charge on any atom is -0.377 e. The largest absolute Gasteiger partial charge is 0.377 e. The van der Waals surface area contributed by atoms with Gasteiger partial charge in [0, 0.05) is 50.2 Å². The zero-order valence-corrected chi connectivity index (χ0v) is 12.8. The molecule has 0 amide bonds. The second-order valence-electron chi connectivity index (χ2n) is 4.89. The summed E-state index contributed by atoms with van der Waals surface area (Å²) in [5.74, 6) is 0. The maximum Gasteiger partial charge on any atom is 0.0971 e. The second kappa shape index (κ2) is 7.36. The summed E-state index contributed by atoms with van der Waals surface area (Å²) in [5, 5.41) is 3.36. The molecule has 0 saturated carbocycles. The summed E-state index contributed by atoms with van der Waals surface area (Å²) in [5.41, 5.74) is 0. The maximum absolute atomic E-state index is 5.47. The fraction of sp³-hybridized carbons (Fsp3) is 0.714. The molecule has 4 nitrogen and oxygen atoms in total. The lowest BCUT2D eigenvalue weighted by Crippen LogP contribution is -2.27. The minimum absolute atomic E-state index is 0.200. The number of nitrogens with zero attached hydrogens (tertiary/aromatic N) is 1. The van der Waals surface area contributed by atoms with E-state index in [0.29, 0.717) is 0 Å². The molecular formula is C14H24N2O2S. The van der Waals surface area contributed by atoms with E-state index < -0.39 is 0 Å². The van der Waals surface area contributed by atoms with Crippen molar-refractivity contribution in [2.45, 2.75) is 32.2 Å². The predicted molar refractivity (Wildman–Crippen MR) is 78.6 cm³/mol. The number of nitrogens with one attached hydrogen (secondary N) is 1. The Kier molecular flexibility index (Phi) is 5.78. The van der Waals surface area contributed by atoms with Crippen molar-refractivity contribution < 1.29 is 9.47 Å². The lowest BCUT2D eigenvalue weighted by Gasteiger charge is -2.13. The van der Waals surface area contributed by atoms with E-state index in [2.05, 4.69) is 29.3 Å². The van der Waals surface area contributed by atoms with Crippen LogP contribution in [0.25, 0.3) is 0 Å². The van der Waals surface area contributed by atoms with Gasteiger partial charge in [0.15, 0.2) is 0 Å². The molecule has 0 bridgehead atoms. The SMILES string of the molecule is CCNCc1ccc(CN2CC(OC)C(OC)C2)s1. The van der Waals surface area contributed by atoms with Crippen LogP contribution in [0.2, 0.25) is 0 Å². The Morgan fingerprint density at radius 2 is 1.84 bits per heavy atom. The van der Waals surface area contributed by atoms with Gasteiger partial charge in [0.25, 0.3) is 0 Å². The van der Waals surface area contributed by atoms with Crippen LogP contribution in [0.1, 0.15) is 16.7 Å². The monoisotopic (exact) mass is 284 g/mol. The molecule has 1 aromatic rings. The molecule has 2 rings (SSSR count). The predicted octanol–water partition coefficient (Wildman–Crippen LogP) is 1.70. The van der Waals surface area contributed by atoms with Crippen LogP contribution < -0.4 is 5.32 Å². The van der Waals surface area contributed by atoms with Gasteiger partial charge in [0.2, 0.25) is 0 Å². The van der Waals surface area contributed by atoms with E-state index in [9.17, 15) is 0 Å². The Balaban J connectivity index is 1.86. The van der Waals surface area contributed by atoms with Crippen LogP contribution in [-0.2, 0) is 22.6 Å². The maximum atomic E-state index is 5.47.